The zero-order valence-electron chi connectivity index (χ0n) is 12.0. The van der Waals surface area contributed by atoms with Gasteiger partial charge in [0.1, 0.15) is 5.76 Å². The van der Waals surface area contributed by atoms with E-state index in [1.54, 1.807) is 6.26 Å². The number of benzene rings is 1. The van der Waals surface area contributed by atoms with Gasteiger partial charge in [0.2, 0.25) is 0 Å². The van der Waals surface area contributed by atoms with Gasteiger partial charge in [0, 0.05) is 18.5 Å². The fraction of sp³-hybridized carbons (Fsp3) is 0.412. The lowest BCUT2D eigenvalue weighted by atomic mass is 10.0. The summed E-state index contributed by atoms with van der Waals surface area (Å²) < 4.78 is 5.36. The van der Waals surface area contributed by atoms with Crippen LogP contribution in [0.15, 0.2) is 47.1 Å². The van der Waals surface area contributed by atoms with Gasteiger partial charge in [-0.1, -0.05) is 29.8 Å². The SMILES string of the molecule is Cc1cccc([C@H](C)NC(C)CCc2ccco2)c1. The van der Waals surface area contributed by atoms with E-state index in [1.165, 1.54) is 11.1 Å². The molecule has 2 heteroatoms. The van der Waals surface area contributed by atoms with E-state index >= 15 is 0 Å². The minimum absolute atomic E-state index is 0.381. The second-order valence-corrected chi connectivity index (χ2v) is 5.32. The Morgan fingerprint density at radius 3 is 2.68 bits per heavy atom. The monoisotopic (exact) mass is 257 g/mol. The lowest BCUT2D eigenvalue weighted by Crippen LogP contribution is -2.29. The maximum Gasteiger partial charge on any atom is 0.103 e. The molecule has 0 saturated carbocycles. The molecule has 0 aliphatic heterocycles. The molecule has 2 aromatic rings. The Kier molecular flexibility index (Phi) is 4.80. The molecule has 0 aliphatic carbocycles. The highest BCUT2D eigenvalue weighted by atomic mass is 16.3. The Hall–Kier alpha value is -1.54. The van der Waals surface area contributed by atoms with Gasteiger partial charge in [0.05, 0.1) is 6.26 Å². The van der Waals surface area contributed by atoms with Crippen LogP contribution in [0.2, 0.25) is 0 Å². The average Bonchev–Trinajstić information content (AvgIpc) is 2.89. The lowest BCUT2D eigenvalue weighted by Gasteiger charge is -2.20. The Labute approximate surface area is 115 Å². The number of nitrogens with one attached hydrogen (secondary N) is 1. The van der Waals surface area contributed by atoms with Crippen LogP contribution in [-0.4, -0.2) is 6.04 Å². The van der Waals surface area contributed by atoms with E-state index in [0.717, 1.165) is 18.6 Å². The first-order valence-electron chi connectivity index (χ1n) is 7.00. The smallest absolute Gasteiger partial charge is 0.103 e. The minimum Gasteiger partial charge on any atom is -0.469 e. The van der Waals surface area contributed by atoms with E-state index in [9.17, 15) is 0 Å². The van der Waals surface area contributed by atoms with Gasteiger partial charge in [0.15, 0.2) is 0 Å². The van der Waals surface area contributed by atoms with Crippen molar-refractivity contribution in [2.45, 2.75) is 45.7 Å². The van der Waals surface area contributed by atoms with Crippen LogP contribution < -0.4 is 5.32 Å². The number of hydrogen-bond acceptors (Lipinski definition) is 2. The first kappa shape index (κ1) is 13.9. The summed E-state index contributed by atoms with van der Waals surface area (Å²) in [6.45, 7) is 6.59. The van der Waals surface area contributed by atoms with E-state index in [2.05, 4.69) is 50.4 Å². The van der Waals surface area contributed by atoms with Crippen molar-refractivity contribution < 1.29 is 4.42 Å². The predicted octanol–water partition coefficient (Wildman–Crippen LogP) is 4.26. The molecule has 102 valence electrons. The van der Waals surface area contributed by atoms with Gasteiger partial charge in [-0.2, -0.15) is 0 Å². The molecule has 1 unspecified atom stereocenters. The fourth-order valence-corrected chi connectivity index (χ4v) is 2.36. The van der Waals surface area contributed by atoms with E-state index in [1.807, 2.05) is 12.1 Å². The standard InChI is InChI=1S/C17H23NO/c1-13-6-4-7-16(12-13)15(3)18-14(2)9-10-17-8-5-11-19-17/h4-8,11-12,14-15,18H,9-10H2,1-3H3/t14?,15-/m0/s1. The van der Waals surface area contributed by atoms with Gasteiger partial charge in [-0.3, -0.25) is 0 Å². The second kappa shape index (κ2) is 6.58. The summed E-state index contributed by atoms with van der Waals surface area (Å²) >= 11 is 0. The molecule has 0 amide bonds. The molecular formula is C17H23NO. The Balaban J connectivity index is 1.83. The van der Waals surface area contributed by atoms with Crippen LogP contribution in [0.25, 0.3) is 0 Å². The predicted molar refractivity (Wildman–Crippen MR) is 79.2 cm³/mol. The molecule has 0 spiro atoms. The molecule has 0 bridgehead atoms. The van der Waals surface area contributed by atoms with Gasteiger partial charge >= 0.3 is 0 Å². The van der Waals surface area contributed by atoms with Crippen LogP contribution >= 0.6 is 0 Å². The number of hydrogen-bond donors (Lipinski definition) is 1. The Bertz CT molecular complexity index is 490. The third-order valence-corrected chi connectivity index (χ3v) is 3.48. The summed E-state index contributed by atoms with van der Waals surface area (Å²) in [6.07, 6.45) is 3.81. The minimum atomic E-state index is 0.381. The van der Waals surface area contributed by atoms with E-state index in [0.29, 0.717) is 12.1 Å². The highest BCUT2D eigenvalue weighted by molar-refractivity contribution is 5.24. The first-order valence-corrected chi connectivity index (χ1v) is 7.00. The number of aryl methyl sites for hydroxylation is 2. The van der Waals surface area contributed by atoms with E-state index < -0.39 is 0 Å². The van der Waals surface area contributed by atoms with Gasteiger partial charge in [0.25, 0.3) is 0 Å². The van der Waals surface area contributed by atoms with Crippen molar-refractivity contribution in [3.05, 3.63) is 59.5 Å². The van der Waals surface area contributed by atoms with Crippen molar-refractivity contribution in [2.24, 2.45) is 0 Å². The molecule has 2 atom stereocenters. The van der Waals surface area contributed by atoms with Crippen molar-refractivity contribution in [3.8, 4) is 0 Å². The quantitative estimate of drug-likeness (QED) is 0.836. The summed E-state index contributed by atoms with van der Waals surface area (Å²) in [7, 11) is 0. The van der Waals surface area contributed by atoms with Crippen molar-refractivity contribution >= 4 is 0 Å². The molecule has 0 radical (unpaired) electrons. The molecule has 0 aliphatic rings. The second-order valence-electron chi connectivity index (χ2n) is 5.32. The molecule has 1 aromatic heterocycles. The Morgan fingerprint density at radius 2 is 2.00 bits per heavy atom. The number of furan rings is 1. The van der Waals surface area contributed by atoms with Crippen molar-refractivity contribution in [1.29, 1.82) is 0 Å². The van der Waals surface area contributed by atoms with E-state index in [-0.39, 0.29) is 0 Å². The third kappa shape index (κ3) is 4.25. The van der Waals surface area contributed by atoms with Crippen LogP contribution in [0, 0.1) is 6.92 Å². The average molecular weight is 257 g/mol. The summed E-state index contributed by atoms with van der Waals surface area (Å²) in [6, 6.07) is 13.5. The molecule has 2 nitrogen and oxygen atoms in total. The first-order chi connectivity index (χ1) is 9.15. The third-order valence-electron chi connectivity index (χ3n) is 3.48. The van der Waals surface area contributed by atoms with Crippen LogP contribution in [0.3, 0.4) is 0 Å². The van der Waals surface area contributed by atoms with Gasteiger partial charge in [-0.05, 0) is 44.9 Å². The van der Waals surface area contributed by atoms with Crippen molar-refractivity contribution in [3.63, 3.8) is 0 Å². The molecule has 1 aromatic carbocycles. The highest BCUT2D eigenvalue weighted by Crippen LogP contribution is 2.15. The van der Waals surface area contributed by atoms with Gasteiger partial charge < -0.3 is 9.73 Å². The largest absolute Gasteiger partial charge is 0.469 e. The maximum atomic E-state index is 5.36. The molecule has 2 rings (SSSR count). The molecule has 19 heavy (non-hydrogen) atoms. The van der Waals surface area contributed by atoms with Crippen LogP contribution in [0.4, 0.5) is 0 Å². The molecule has 0 saturated heterocycles. The summed E-state index contributed by atoms with van der Waals surface area (Å²) in [5.41, 5.74) is 2.67. The normalized spacial score (nSPS) is 14.3. The molecular weight excluding hydrogens is 234 g/mol. The zero-order valence-corrected chi connectivity index (χ0v) is 12.0. The topological polar surface area (TPSA) is 25.2 Å². The summed E-state index contributed by atoms with van der Waals surface area (Å²) in [4.78, 5) is 0. The van der Waals surface area contributed by atoms with Crippen LogP contribution in [0.1, 0.15) is 43.2 Å². The molecule has 1 heterocycles. The van der Waals surface area contributed by atoms with Gasteiger partial charge in [-0.15, -0.1) is 0 Å². The summed E-state index contributed by atoms with van der Waals surface area (Å²) in [5.74, 6) is 1.07. The van der Waals surface area contributed by atoms with Crippen molar-refractivity contribution in [2.75, 3.05) is 0 Å². The maximum absolute atomic E-state index is 5.36. The van der Waals surface area contributed by atoms with Gasteiger partial charge in [-0.25, -0.2) is 0 Å². The fourth-order valence-electron chi connectivity index (χ4n) is 2.36. The lowest BCUT2D eigenvalue weighted by molar-refractivity contribution is 0.430. The highest BCUT2D eigenvalue weighted by Gasteiger charge is 2.10. The van der Waals surface area contributed by atoms with E-state index in [4.69, 9.17) is 4.42 Å². The summed E-state index contributed by atoms with van der Waals surface area (Å²) in [5, 5.41) is 3.64. The molecule has 0 fully saturated rings. The number of rotatable bonds is 6. The van der Waals surface area contributed by atoms with Crippen LogP contribution in [-0.2, 0) is 6.42 Å². The van der Waals surface area contributed by atoms with Crippen LogP contribution in [0.5, 0.6) is 0 Å². The van der Waals surface area contributed by atoms with Crippen molar-refractivity contribution in [1.82, 2.24) is 5.32 Å². The Morgan fingerprint density at radius 1 is 1.16 bits per heavy atom. The molecule has 1 N–H and O–H groups in total. The zero-order chi connectivity index (χ0) is 13.7.